The van der Waals surface area contributed by atoms with Gasteiger partial charge in [0.05, 0.1) is 121 Å². The van der Waals surface area contributed by atoms with E-state index in [2.05, 4.69) is 35.2 Å². The molecule has 0 saturated carbocycles. The first kappa shape index (κ1) is 73.1. The summed E-state index contributed by atoms with van der Waals surface area (Å²) in [7, 11) is 4.50. The van der Waals surface area contributed by atoms with Gasteiger partial charge in [0.1, 0.15) is 23.0 Å². The number of benzene rings is 4. The third-order valence-electron chi connectivity index (χ3n) is 11.9. The highest BCUT2D eigenvalue weighted by Gasteiger charge is 2.13. The molecule has 0 spiro atoms. The molecule has 2 radical (unpaired) electrons. The van der Waals surface area contributed by atoms with E-state index in [-0.39, 0.29) is 25.4 Å². The molecule has 1 aliphatic heterocycles. The molecule has 4 N–H and O–H groups in total. The van der Waals surface area contributed by atoms with E-state index in [1.807, 2.05) is 111 Å². The summed E-state index contributed by atoms with van der Waals surface area (Å²) >= 11 is 0. The van der Waals surface area contributed by atoms with E-state index in [1.165, 1.54) is 6.82 Å². The smallest absolute Gasteiger partial charge is 0.119 e. The van der Waals surface area contributed by atoms with Gasteiger partial charge in [0.25, 0.3) is 0 Å². The second-order valence-corrected chi connectivity index (χ2v) is 20.2. The van der Waals surface area contributed by atoms with Crippen molar-refractivity contribution in [2.24, 2.45) is 20.5 Å². The summed E-state index contributed by atoms with van der Waals surface area (Å²) in [6.07, 6.45) is 16.0. The van der Waals surface area contributed by atoms with Gasteiger partial charge in [0, 0.05) is 26.4 Å². The van der Waals surface area contributed by atoms with Gasteiger partial charge >= 0.3 is 0 Å². The molecule has 0 aromatic heterocycles. The Kier molecular flexibility index (Phi) is 45.0. The number of aliphatic hydroxyl groups is 4. The molecule has 458 valence electrons. The van der Waals surface area contributed by atoms with Crippen LogP contribution in [0.4, 0.5) is 22.7 Å². The zero-order chi connectivity index (χ0) is 59.5. The van der Waals surface area contributed by atoms with E-state index < -0.39 is 12.2 Å². The summed E-state index contributed by atoms with van der Waals surface area (Å²) in [6.45, 7) is 18.4. The van der Waals surface area contributed by atoms with Crippen LogP contribution in [0.2, 0.25) is 6.82 Å². The summed E-state index contributed by atoms with van der Waals surface area (Å²) in [5.74, 6) is 3.31. The van der Waals surface area contributed by atoms with Gasteiger partial charge in [0.2, 0.25) is 0 Å². The zero-order valence-electron chi connectivity index (χ0n) is 50.5. The first-order chi connectivity index (χ1) is 40.0. The van der Waals surface area contributed by atoms with Crippen molar-refractivity contribution in [3.63, 3.8) is 0 Å². The Bertz CT molecular complexity index is 1960. The molecule has 0 aliphatic carbocycles. The molecule has 4 aromatic rings. The number of epoxide rings is 1. The standard InChI is InChI=1S/C36H58N2O8.C24H34N2O4.C3H6O.CH3B/c1-29(39)25-45-31(3)27-41-21-9-5-7-11-23-43-35-17-13-33(14-18-35)37-38-34-15-19-36(20-16-34)44-24-12-8-6-10-22-42-28-32(4)46-26-30(2)40;27-17-5-1-3-7-19-29-23-13-9-21(10-14-23)25-26-22-11-15-24(16-12-22)30-20-8-4-2-6-18-28;1-3-2-4-3;1-2/h13-20,29-32,39-40H,5-12,21-28H2,1-4H3;9-16,27-28H,1-8,17-20H2;3H,2H2,1H3;1H3. The number of hydrogen-bond donors (Lipinski definition) is 4. The van der Waals surface area contributed by atoms with Gasteiger partial charge in [0.15, 0.2) is 0 Å². The highest BCUT2D eigenvalue weighted by Crippen LogP contribution is 2.25. The molecular formula is C64H101BN4O13. The molecule has 0 amide bonds. The number of nitrogens with zero attached hydrogens (tertiary/aromatic N) is 4. The molecule has 1 saturated heterocycles. The summed E-state index contributed by atoms with van der Waals surface area (Å²) in [5, 5.41) is 53.2. The van der Waals surface area contributed by atoms with Gasteiger partial charge in [-0.05, 0) is 209 Å². The molecule has 0 bridgehead atoms. The maximum absolute atomic E-state index is 9.24. The molecule has 1 heterocycles. The Morgan fingerprint density at radius 1 is 0.402 bits per heavy atom. The van der Waals surface area contributed by atoms with E-state index in [4.69, 9.17) is 52.8 Å². The van der Waals surface area contributed by atoms with Crippen molar-refractivity contribution < 1.29 is 63.1 Å². The average Bonchev–Trinajstić information content (AvgIpc) is 4.29. The summed E-state index contributed by atoms with van der Waals surface area (Å²) < 4.78 is 50.1. The predicted molar refractivity (Wildman–Crippen MR) is 327 cm³/mol. The minimum Gasteiger partial charge on any atom is -0.494 e. The van der Waals surface area contributed by atoms with Crippen LogP contribution < -0.4 is 18.9 Å². The number of ether oxygens (including phenoxy) is 9. The predicted octanol–water partition coefficient (Wildman–Crippen LogP) is 14.2. The van der Waals surface area contributed by atoms with Crippen LogP contribution in [0.3, 0.4) is 0 Å². The summed E-state index contributed by atoms with van der Waals surface area (Å²) in [4.78, 5) is 0. The van der Waals surface area contributed by atoms with Crippen molar-refractivity contribution in [3.8, 4) is 23.0 Å². The Balaban J connectivity index is 0.000000544. The second-order valence-electron chi connectivity index (χ2n) is 20.2. The molecule has 82 heavy (non-hydrogen) atoms. The van der Waals surface area contributed by atoms with Gasteiger partial charge in [-0.1, -0.05) is 32.5 Å². The van der Waals surface area contributed by atoms with Crippen LogP contribution in [-0.4, -0.2) is 145 Å². The SMILES string of the molecule is CC(O)COC(C)COCCCCCCOc1ccc(N=Nc2ccc(OCCCCCCOCC(C)OCC(C)O)cc2)cc1.CC1CO1.OCCCCCCOc1ccc(N=Nc2ccc(OCCCCCCO)cc2)cc1.[B]C. The van der Waals surface area contributed by atoms with Gasteiger partial charge in [-0.3, -0.25) is 0 Å². The Hall–Kier alpha value is -5.02. The Morgan fingerprint density at radius 3 is 0.854 bits per heavy atom. The third kappa shape index (κ3) is 42.8. The number of hydrogen-bond acceptors (Lipinski definition) is 17. The van der Waals surface area contributed by atoms with Crippen molar-refractivity contribution in [1.29, 1.82) is 0 Å². The summed E-state index contributed by atoms with van der Waals surface area (Å²) in [6, 6.07) is 30.5. The fourth-order valence-electron chi connectivity index (χ4n) is 7.18. The first-order valence-corrected chi connectivity index (χ1v) is 29.9. The van der Waals surface area contributed by atoms with Gasteiger partial charge < -0.3 is 63.1 Å². The molecule has 5 atom stereocenters. The van der Waals surface area contributed by atoms with Crippen LogP contribution in [0.1, 0.15) is 137 Å². The maximum atomic E-state index is 9.24. The molecular weight excluding hydrogens is 1040 g/mol. The van der Waals surface area contributed by atoms with Gasteiger partial charge in [-0.2, -0.15) is 20.5 Å². The average molecular weight is 1150 g/mol. The molecule has 4 aromatic carbocycles. The highest BCUT2D eigenvalue weighted by atomic mass is 16.6. The van der Waals surface area contributed by atoms with E-state index in [0.29, 0.717) is 59.0 Å². The Morgan fingerprint density at radius 2 is 0.634 bits per heavy atom. The van der Waals surface area contributed by atoms with E-state index >= 15 is 0 Å². The van der Waals surface area contributed by atoms with Crippen molar-refractivity contribution in [1.82, 2.24) is 0 Å². The van der Waals surface area contributed by atoms with E-state index in [0.717, 1.165) is 168 Å². The monoisotopic (exact) mass is 1140 g/mol. The molecule has 1 fully saturated rings. The number of azo groups is 2. The van der Waals surface area contributed by atoms with E-state index in [9.17, 15) is 10.2 Å². The van der Waals surface area contributed by atoms with Crippen LogP contribution in [0.15, 0.2) is 118 Å². The summed E-state index contributed by atoms with van der Waals surface area (Å²) in [5.41, 5.74) is 3.08. The van der Waals surface area contributed by atoms with Crippen molar-refractivity contribution >= 4 is 30.6 Å². The quantitative estimate of drug-likeness (QED) is 0.0140. The second kappa shape index (κ2) is 50.5. The number of unbranched alkanes of at least 4 members (excludes halogenated alkanes) is 12. The lowest BCUT2D eigenvalue weighted by atomic mass is 10.2. The lowest BCUT2D eigenvalue weighted by molar-refractivity contribution is -0.0369. The van der Waals surface area contributed by atoms with Crippen molar-refractivity contribution in [2.75, 3.05) is 85.9 Å². The molecule has 5 rings (SSSR count). The zero-order valence-corrected chi connectivity index (χ0v) is 50.5. The van der Waals surface area contributed by atoms with Gasteiger partial charge in [-0.15, -0.1) is 0 Å². The largest absolute Gasteiger partial charge is 0.494 e. The third-order valence-corrected chi connectivity index (χ3v) is 11.9. The fourth-order valence-corrected chi connectivity index (χ4v) is 7.18. The topological polar surface area (TPSA) is 217 Å². The minimum atomic E-state index is -0.446. The Labute approximate surface area is 492 Å². The molecule has 17 nitrogen and oxygen atoms in total. The normalized spacial score (nSPS) is 14.1. The van der Waals surface area contributed by atoms with Crippen LogP contribution in [0, 0.1) is 0 Å². The number of aliphatic hydroxyl groups excluding tert-OH is 4. The lowest BCUT2D eigenvalue weighted by Gasteiger charge is -2.14. The van der Waals surface area contributed by atoms with E-state index in [1.54, 1.807) is 13.8 Å². The highest BCUT2D eigenvalue weighted by molar-refractivity contribution is 6.05. The maximum Gasteiger partial charge on any atom is 0.119 e. The van der Waals surface area contributed by atoms with Crippen LogP contribution >= 0.6 is 0 Å². The van der Waals surface area contributed by atoms with Crippen molar-refractivity contribution in [3.05, 3.63) is 97.1 Å². The molecule has 18 heteroatoms. The first-order valence-electron chi connectivity index (χ1n) is 29.9. The van der Waals surface area contributed by atoms with Gasteiger partial charge in [-0.25, -0.2) is 0 Å². The molecule has 1 aliphatic rings. The minimum absolute atomic E-state index is 0.00331. The molecule has 5 unspecified atom stereocenters. The fraction of sp³-hybridized carbons (Fsp3) is 0.625. The van der Waals surface area contributed by atoms with Crippen LogP contribution in [0.5, 0.6) is 23.0 Å². The van der Waals surface area contributed by atoms with Crippen LogP contribution in [0.25, 0.3) is 0 Å². The van der Waals surface area contributed by atoms with Crippen LogP contribution in [-0.2, 0) is 23.7 Å². The lowest BCUT2D eigenvalue weighted by Crippen LogP contribution is -2.21. The number of rotatable bonds is 44. The van der Waals surface area contributed by atoms with Crippen molar-refractivity contribution in [2.45, 2.75) is 175 Å².